The summed E-state index contributed by atoms with van der Waals surface area (Å²) in [6.07, 6.45) is -3.34. The summed E-state index contributed by atoms with van der Waals surface area (Å²) in [6.45, 7) is 9.18. The molecule has 1 aromatic carbocycles. The maximum absolute atomic E-state index is 12.8. The summed E-state index contributed by atoms with van der Waals surface area (Å²) < 4.78 is 38.6. The predicted molar refractivity (Wildman–Crippen MR) is 84.7 cm³/mol. The van der Waals surface area contributed by atoms with Gasteiger partial charge in [-0.1, -0.05) is 39.8 Å². The van der Waals surface area contributed by atoms with Crippen LogP contribution in [0.5, 0.6) is 0 Å². The maximum Gasteiger partial charge on any atom is 0.416 e. The number of alkyl halides is 3. The highest BCUT2D eigenvalue weighted by atomic mass is 32.2. The van der Waals surface area contributed by atoms with Crippen molar-refractivity contribution < 1.29 is 13.2 Å². The Morgan fingerprint density at radius 1 is 1.19 bits per heavy atom. The van der Waals surface area contributed by atoms with Gasteiger partial charge in [-0.3, -0.25) is 0 Å². The SMILES string of the molecule is CCCNC(CSC(C)(C)C)c1cccc(C(F)(F)F)c1. The molecule has 1 rings (SSSR count). The van der Waals surface area contributed by atoms with E-state index in [1.54, 1.807) is 17.8 Å². The number of benzene rings is 1. The van der Waals surface area contributed by atoms with Gasteiger partial charge in [-0.25, -0.2) is 0 Å². The monoisotopic (exact) mass is 319 g/mol. The van der Waals surface area contributed by atoms with Crippen LogP contribution in [0.15, 0.2) is 24.3 Å². The van der Waals surface area contributed by atoms with Crippen LogP contribution < -0.4 is 5.32 Å². The molecule has 0 spiro atoms. The molecule has 0 aliphatic carbocycles. The van der Waals surface area contributed by atoms with Gasteiger partial charge in [0.05, 0.1) is 5.56 Å². The second-order valence-electron chi connectivity index (χ2n) is 6.05. The van der Waals surface area contributed by atoms with Gasteiger partial charge in [-0.05, 0) is 30.7 Å². The number of hydrogen-bond acceptors (Lipinski definition) is 2. The lowest BCUT2D eigenvalue weighted by Gasteiger charge is -2.24. The number of halogens is 3. The highest BCUT2D eigenvalue weighted by Crippen LogP contribution is 2.33. The molecular weight excluding hydrogens is 295 g/mol. The molecular formula is C16H24F3NS. The number of hydrogen-bond donors (Lipinski definition) is 1. The van der Waals surface area contributed by atoms with E-state index in [1.165, 1.54) is 12.1 Å². The summed E-state index contributed by atoms with van der Waals surface area (Å²) in [5, 5.41) is 3.35. The van der Waals surface area contributed by atoms with Crippen molar-refractivity contribution in [2.24, 2.45) is 0 Å². The largest absolute Gasteiger partial charge is 0.416 e. The molecule has 120 valence electrons. The van der Waals surface area contributed by atoms with E-state index < -0.39 is 11.7 Å². The van der Waals surface area contributed by atoms with Crippen molar-refractivity contribution in [2.45, 2.75) is 51.1 Å². The van der Waals surface area contributed by atoms with Crippen molar-refractivity contribution in [1.82, 2.24) is 5.32 Å². The molecule has 0 aliphatic heterocycles. The fraction of sp³-hybridized carbons (Fsp3) is 0.625. The van der Waals surface area contributed by atoms with Gasteiger partial charge < -0.3 is 5.32 Å². The Hall–Kier alpha value is -0.680. The van der Waals surface area contributed by atoms with Gasteiger partial charge in [-0.2, -0.15) is 24.9 Å². The summed E-state index contributed by atoms with van der Waals surface area (Å²) >= 11 is 1.76. The van der Waals surface area contributed by atoms with E-state index >= 15 is 0 Å². The van der Waals surface area contributed by atoms with Crippen molar-refractivity contribution in [3.63, 3.8) is 0 Å². The molecule has 1 aromatic rings. The van der Waals surface area contributed by atoms with Gasteiger partial charge >= 0.3 is 6.18 Å². The molecule has 0 heterocycles. The second-order valence-corrected chi connectivity index (χ2v) is 7.90. The molecule has 0 aromatic heterocycles. The average molecular weight is 319 g/mol. The Kier molecular flexibility index (Phi) is 6.60. The van der Waals surface area contributed by atoms with Crippen molar-refractivity contribution in [3.8, 4) is 0 Å². The first-order valence-electron chi connectivity index (χ1n) is 7.18. The minimum absolute atomic E-state index is 0.0588. The van der Waals surface area contributed by atoms with Crippen LogP contribution in [0.2, 0.25) is 0 Å². The molecule has 0 amide bonds. The van der Waals surface area contributed by atoms with Gasteiger partial charge in [0.15, 0.2) is 0 Å². The number of nitrogens with one attached hydrogen (secondary N) is 1. The van der Waals surface area contributed by atoms with E-state index in [0.717, 1.165) is 24.8 Å². The van der Waals surface area contributed by atoms with Crippen LogP contribution in [-0.2, 0) is 6.18 Å². The van der Waals surface area contributed by atoms with Crippen molar-refractivity contribution in [3.05, 3.63) is 35.4 Å². The van der Waals surface area contributed by atoms with Crippen LogP contribution in [0, 0.1) is 0 Å². The Morgan fingerprint density at radius 3 is 2.38 bits per heavy atom. The Labute approximate surface area is 129 Å². The molecule has 0 bridgehead atoms. The van der Waals surface area contributed by atoms with E-state index in [1.807, 2.05) is 6.92 Å². The van der Waals surface area contributed by atoms with Crippen LogP contribution in [0.25, 0.3) is 0 Å². The van der Waals surface area contributed by atoms with E-state index in [4.69, 9.17) is 0 Å². The minimum atomic E-state index is -4.29. The zero-order valence-corrected chi connectivity index (χ0v) is 13.9. The Bertz CT molecular complexity index is 438. The molecule has 1 atom stereocenters. The van der Waals surface area contributed by atoms with Gasteiger partial charge in [0.2, 0.25) is 0 Å². The number of thioether (sulfide) groups is 1. The van der Waals surface area contributed by atoms with E-state index in [2.05, 4.69) is 26.1 Å². The van der Waals surface area contributed by atoms with E-state index in [-0.39, 0.29) is 10.8 Å². The molecule has 0 saturated heterocycles. The van der Waals surface area contributed by atoms with Crippen LogP contribution in [0.4, 0.5) is 13.2 Å². The quantitative estimate of drug-likeness (QED) is 0.766. The standard InChI is InChI=1S/C16H24F3NS/c1-5-9-20-14(11-21-15(2,3)4)12-7-6-8-13(10-12)16(17,18)19/h6-8,10,14,20H,5,9,11H2,1-4H3. The smallest absolute Gasteiger partial charge is 0.309 e. The van der Waals surface area contributed by atoms with Gasteiger partial charge in [0.1, 0.15) is 0 Å². The first-order chi connectivity index (χ1) is 9.63. The van der Waals surface area contributed by atoms with Crippen LogP contribution in [0.1, 0.15) is 51.3 Å². The first kappa shape index (κ1) is 18.4. The molecule has 1 nitrogen and oxygen atoms in total. The second kappa shape index (κ2) is 7.54. The zero-order valence-electron chi connectivity index (χ0n) is 13.1. The van der Waals surface area contributed by atoms with E-state index in [9.17, 15) is 13.2 Å². The van der Waals surface area contributed by atoms with Crippen LogP contribution in [0.3, 0.4) is 0 Å². The van der Waals surface area contributed by atoms with Crippen molar-refractivity contribution >= 4 is 11.8 Å². The normalized spacial score (nSPS) is 14.2. The fourth-order valence-electron chi connectivity index (χ4n) is 1.86. The van der Waals surface area contributed by atoms with Crippen LogP contribution >= 0.6 is 11.8 Å². The lowest BCUT2D eigenvalue weighted by molar-refractivity contribution is -0.137. The molecule has 5 heteroatoms. The average Bonchev–Trinajstić information content (AvgIpc) is 2.37. The molecule has 0 fully saturated rings. The fourth-order valence-corrected chi connectivity index (χ4v) is 2.83. The summed E-state index contributed by atoms with van der Waals surface area (Å²) in [5.41, 5.74) is 0.124. The third-order valence-corrected chi connectivity index (χ3v) is 4.31. The van der Waals surface area contributed by atoms with Gasteiger partial charge in [-0.15, -0.1) is 0 Å². The summed E-state index contributed by atoms with van der Waals surface area (Å²) in [5.74, 6) is 0.755. The highest BCUT2D eigenvalue weighted by molar-refractivity contribution is 8.00. The molecule has 1 unspecified atom stereocenters. The molecule has 0 aliphatic rings. The topological polar surface area (TPSA) is 12.0 Å². The number of rotatable bonds is 6. The lowest BCUT2D eigenvalue weighted by atomic mass is 10.0. The van der Waals surface area contributed by atoms with Crippen molar-refractivity contribution in [1.29, 1.82) is 0 Å². The van der Waals surface area contributed by atoms with E-state index in [0.29, 0.717) is 5.56 Å². The summed E-state index contributed by atoms with van der Waals surface area (Å²) in [4.78, 5) is 0. The summed E-state index contributed by atoms with van der Waals surface area (Å²) in [7, 11) is 0. The molecule has 21 heavy (non-hydrogen) atoms. The first-order valence-corrected chi connectivity index (χ1v) is 8.16. The lowest BCUT2D eigenvalue weighted by Crippen LogP contribution is -2.26. The van der Waals surface area contributed by atoms with Gasteiger partial charge in [0, 0.05) is 16.5 Å². The Morgan fingerprint density at radius 2 is 1.86 bits per heavy atom. The highest BCUT2D eigenvalue weighted by Gasteiger charge is 2.31. The van der Waals surface area contributed by atoms with Crippen LogP contribution in [-0.4, -0.2) is 17.0 Å². The van der Waals surface area contributed by atoms with Gasteiger partial charge in [0.25, 0.3) is 0 Å². The third kappa shape index (κ3) is 6.74. The van der Waals surface area contributed by atoms with Crippen molar-refractivity contribution in [2.75, 3.05) is 12.3 Å². The molecule has 0 radical (unpaired) electrons. The summed E-state index contributed by atoms with van der Waals surface area (Å²) in [6, 6.07) is 5.58. The Balaban J connectivity index is 2.91. The zero-order chi connectivity index (χ0) is 16.1. The third-order valence-electron chi connectivity index (χ3n) is 2.94. The molecule has 1 N–H and O–H groups in total. The maximum atomic E-state index is 12.8. The molecule has 0 saturated carbocycles. The predicted octanol–water partition coefficient (Wildman–Crippen LogP) is 5.28. The minimum Gasteiger partial charge on any atom is -0.309 e.